The lowest BCUT2D eigenvalue weighted by molar-refractivity contribution is 0.763. The van der Waals surface area contributed by atoms with Crippen LogP contribution >= 0.6 is 11.8 Å². The first kappa shape index (κ1) is 13.3. The van der Waals surface area contributed by atoms with Gasteiger partial charge in [-0.05, 0) is 38.7 Å². The Bertz CT molecular complexity index is 328. The zero-order valence-electron chi connectivity index (χ0n) is 10.6. The van der Waals surface area contributed by atoms with Crippen LogP contribution in [0.4, 0.5) is 5.82 Å². The topological polar surface area (TPSA) is 37.8 Å². The number of nitrogens with zero attached hydrogens (tertiary/aromatic N) is 2. The Labute approximate surface area is 102 Å². The highest BCUT2D eigenvalue weighted by Crippen LogP contribution is 2.10. The number of nitrogens with one attached hydrogen (secondary N) is 1. The van der Waals surface area contributed by atoms with E-state index in [-0.39, 0.29) is 0 Å². The molecule has 0 aliphatic rings. The minimum absolute atomic E-state index is 0.464. The van der Waals surface area contributed by atoms with Crippen LogP contribution in [0.5, 0.6) is 0 Å². The van der Waals surface area contributed by atoms with Gasteiger partial charge in [0.15, 0.2) is 0 Å². The van der Waals surface area contributed by atoms with Gasteiger partial charge in [0, 0.05) is 17.8 Å². The molecule has 1 aromatic heterocycles. The average Bonchev–Trinajstić information content (AvgIpc) is 2.25. The van der Waals surface area contributed by atoms with Crippen LogP contribution in [0.3, 0.4) is 0 Å². The van der Waals surface area contributed by atoms with Gasteiger partial charge < -0.3 is 5.32 Å². The molecule has 0 saturated heterocycles. The minimum atomic E-state index is 0.464. The lowest BCUT2D eigenvalue weighted by Crippen LogP contribution is -2.17. The molecule has 0 saturated carbocycles. The molecule has 1 N–H and O–H groups in total. The van der Waals surface area contributed by atoms with E-state index < -0.39 is 0 Å². The van der Waals surface area contributed by atoms with Crippen LogP contribution in [-0.4, -0.2) is 28.0 Å². The van der Waals surface area contributed by atoms with Crippen molar-refractivity contribution in [3.8, 4) is 0 Å². The van der Waals surface area contributed by atoms with E-state index in [4.69, 9.17) is 0 Å². The van der Waals surface area contributed by atoms with E-state index in [1.54, 1.807) is 0 Å². The van der Waals surface area contributed by atoms with Crippen LogP contribution in [-0.2, 0) is 6.42 Å². The third kappa shape index (κ3) is 4.39. The van der Waals surface area contributed by atoms with E-state index in [1.165, 1.54) is 5.75 Å². The number of hydrogen-bond donors (Lipinski definition) is 1. The first-order chi connectivity index (χ1) is 7.65. The van der Waals surface area contributed by atoms with Gasteiger partial charge in [0.2, 0.25) is 0 Å². The van der Waals surface area contributed by atoms with Crippen molar-refractivity contribution in [2.24, 2.45) is 0 Å². The highest BCUT2D eigenvalue weighted by molar-refractivity contribution is 7.98. The number of aryl methyl sites for hydroxylation is 2. The standard InChI is InChI=1S/C12H21N3S/c1-5-11-8-12(15-10(3)14-11)13-9(2)6-7-16-4/h8-9H,5-7H2,1-4H3,(H,13,14,15). The summed E-state index contributed by atoms with van der Waals surface area (Å²) in [4.78, 5) is 8.77. The lowest BCUT2D eigenvalue weighted by Gasteiger charge is -2.14. The van der Waals surface area contributed by atoms with Gasteiger partial charge in [-0.2, -0.15) is 11.8 Å². The Morgan fingerprint density at radius 1 is 1.44 bits per heavy atom. The molecule has 0 aliphatic carbocycles. The van der Waals surface area contributed by atoms with Crippen molar-refractivity contribution in [3.05, 3.63) is 17.6 Å². The summed E-state index contributed by atoms with van der Waals surface area (Å²) in [6.07, 6.45) is 4.25. The second-order valence-corrected chi connectivity index (χ2v) is 4.96. The Morgan fingerprint density at radius 3 is 2.81 bits per heavy atom. The fraction of sp³-hybridized carbons (Fsp3) is 0.667. The SMILES string of the molecule is CCc1cc(NC(C)CCSC)nc(C)n1. The van der Waals surface area contributed by atoms with Crippen LogP contribution < -0.4 is 5.32 Å². The number of thioether (sulfide) groups is 1. The molecule has 1 atom stereocenters. The van der Waals surface area contributed by atoms with E-state index in [9.17, 15) is 0 Å². The number of hydrogen-bond acceptors (Lipinski definition) is 4. The number of anilines is 1. The van der Waals surface area contributed by atoms with Gasteiger partial charge in [0.05, 0.1) is 0 Å². The molecule has 1 rings (SSSR count). The Hall–Kier alpha value is -0.770. The molecule has 0 radical (unpaired) electrons. The van der Waals surface area contributed by atoms with E-state index in [0.717, 1.165) is 30.2 Å². The highest BCUT2D eigenvalue weighted by Gasteiger charge is 2.04. The third-order valence-electron chi connectivity index (χ3n) is 2.40. The van der Waals surface area contributed by atoms with Gasteiger partial charge in [0.1, 0.15) is 11.6 Å². The molecular weight excluding hydrogens is 218 g/mol. The maximum Gasteiger partial charge on any atom is 0.130 e. The molecule has 1 aromatic rings. The molecule has 16 heavy (non-hydrogen) atoms. The maximum absolute atomic E-state index is 4.40. The second kappa shape index (κ2) is 6.74. The molecule has 1 unspecified atom stereocenters. The fourth-order valence-corrected chi connectivity index (χ4v) is 2.09. The summed E-state index contributed by atoms with van der Waals surface area (Å²) in [7, 11) is 0. The molecule has 1 heterocycles. The molecular formula is C12H21N3S. The van der Waals surface area contributed by atoms with Crippen LogP contribution in [0.25, 0.3) is 0 Å². The molecule has 0 aliphatic heterocycles. The summed E-state index contributed by atoms with van der Waals surface area (Å²) >= 11 is 1.88. The first-order valence-electron chi connectivity index (χ1n) is 5.75. The maximum atomic E-state index is 4.40. The lowest BCUT2D eigenvalue weighted by atomic mass is 10.2. The van der Waals surface area contributed by atoms with Gasteiger partial charge >= 0.3 is 0 Å². The molecule has 4 heteroatoms. The monoisotopic (exact) mass is 239 g/mol. The van der Waals surface area contributed by atoms with Crippen LogP contribution in [0, 0.1) is 6.92 Å². The predicted molar refractivity (Wildman–Crippen MR) is 72.2 cm³/mol. The van der Waals surface area contributed by atoms with Gasteiger partial charge in [-0.3, -0.25) is 0 Å². The highest BCUT2D eigenvalue weighted by atomic mass is 32.2. The zero-order chi connectivity index (χ0) is 12.0. The van der Waals surface area contributed by atoms with E-state index in [0.29, 0.717) is 6.04 Å². The second-order valence-electron chi connectivity index (χ2n) is 3.97. The first-order valence-corrected chi connectivity index (χ1v) is 7.15. The predicted octanol–water partition coefficient (Wildman–Crippen LogP) is 2.90. The fourth-order valence-electron chi connectivity index (χ4n) is 1.50. The van der Waals surface area contributed by atoms with Crippen molar-refractivity contribution in [3.63, 3.8) is 0 Å². The van der Waals surface area contributed by atoms with Gasteiger partial charge in [-0.15, -0.1) is 0 Å². The van der Waals surface area contributed by atoms with Crippen LogP contribution in [0.1, 0.15) is 31.8 Å². The summed E-state index contributed by atoms with van der Waals surface area (Å²) in [6.45, 7) is 6.25. The minimum Gasteiger partial charge on any atom is -0.367 e. The molecule has 0 fully saturated rings. The average molecular weight is 239 g/mol. The van der Waals surface area contributed by atoms with E-state index in [2.05, 4.69) is 35.4 Å². The smallest absolute Gasteiger partial charge is 0.130 e. The van der Waals surface area contributed by atoms with Crippen LogP contribution in [0.15, 0.2) is 6.07 Å². The van der Waals surface area contributed by atoms with E-state index in [1.807, 2.05) is 24.8 Å². The number of aromatic nitrogens is 2. The summed E-state index contributed by atoms with van der Waals surface area (Å²) in [5.74, 6) is 2.98. The zero-order valence-corrected chi connectivity index (χ0v) is 11.4. The molecule has 90 valence electrons. The molecule has 3 nitrogen and oxygen atoms in total. The molecule has 0 aromatic carbocycles. The van der Waals surface area contributed by atoms with Crippen molar-refractivity contribution in [2.45, 2.75) is 39.7 Å². The quantitative estimate of drug-likeness (QED) is 0.828. The Kier molecular flexibility index (Phi) is 5.60. The summed E-state index contributed by atoms with van der Waals surface area (Å²) < 4.78 is 0. The van der Waals surface area contributed by atoms with Crippen molar-refractivity contribution in [1.82, 2.24) is 9.97 Å². The van der Waals surface area contributed by atoms with Gasteiger partial charge in [0.25, 0.3) is 0 Å². The number of rotatable bonds is 6. The summed E-state index contributed by atoms with van der Waals surface area (Å²) in [5.41, 5.74) is 1.10. The molecule has 0 amide bonds. The van der Waals surface area contributed by atoms with Gasteiger partial charge in [-0.25, -0.2) is 9.97 Å². The van der Waals surface area contributed by atoms with Crippen molar-refractivity contribution in [1.29, 1.82) is 0 Å². The van der Waals surface area contributed by atoms with Crippen molar-refractivity contribution < 1.29 is 0 Å². The van der Waals surface area contributed by atoms with Crippen molar-refractivity contribution in [2.75, 3.05) is 17.3 Å². The molecule has 0 spiro atoms. The largest absolute Gasteiger partial charge is 0.367 e. The summed E-state index contributed by atoms with van der Waals surface area (Å²) in [6, 6.07) is 2.51. The van der Waals surface area contributed by atoms with Gasteiger partial charge in [-0.1, -0.05) is 6.92 Å². The Balaban J connectivity index is 2.61. The normalized spacial score (nSPS) is 12.5. The Morgan fingerprint density at radius 2 is 2.19 bits per heavy atom. The summed E-state index contributed by atoms with van der Waals surface area (Å²) in [5, 5.41) is 3.43. The molecule has 0 bridgehead atoms. The van der Waals surface area contributed by atoms with Crippen LogP contribution in [0.2, 0.25) is 0 Å². The van der Waals surface area contributed by atoms with E-state index >= 15 is 0 Å². The third-order valence-corrected chi connectivity index (χ3v) is 3.05. The van der Waals surface area contributed by atoms with Crippen molar-refractivity contribution >= 4 is 17.6 Å².